The van der Waals surface area contributed by atoms with E-state index in [2.05, 4.69) is 5.32 Å². The summed E-state index contributed by atoms with van der Waals surface area (Å²) >= 11 is 0. The van der Waals surface area contributed by atoms with Crippen LogP contribution >= 0.6 is 0 Å². The first kappa shape index (κ1) is 22.0. The van der Waals surface area contributed by atoms with Gasteiger partial charge in [-0.3, -0.25) is 0 Å². The maximum Gasteiger partial charge on any atom is 0.416 e. The highest BCUT2D eigenvalue weighted by Crippen LogP contribution is 2.38. The topological polar surface area (TPSA) is 41.5 Å². The van der Waals surface area contributed by atoms with Crippen molar-refractivity contribution in [2.45, 2.75) is 63.2 Å². The van der Waals surface area contributed by atoms with Crippen LogP contribution in [0.4, 0.5) is 26.3 Å². The average Bonchev–Trinajstić information content (AvgIpc) is 2.54. The minimum absolute atomic E-state index is 0.0852. The molecule has 1 aliphatic heterocycles. The number of aliphatic hydroxyl groups is 1. The fourth-order valence-electron chi connectivity index (χ4n) is 2.87. The van der Waals surface area contributed by atoms with Crippen LogP contribution in [-0.2, 0) is 17.1 Å². The van der Waals surface area contributed by atoms with Crippen molar-refractivity contribution in [3.05, 3.63) is 34.9 Å². The van der Waals surface area contributed by atoms with E-state index in [4.69, 9.17) is 4.74 Å². The molecule has 0 radical (unpaired) electrons. The Labute approximate surface area is 153 Å². The largest absolute Gasteiger partial charge is 0.416 e. The third-order valence-corrected chi connectivity index (χ3v) is 4.84. The van der Waals surface area contributed by atoms with Crippen molar-refractivity contribution in [2.24, 2.45) is 0 Å². The number of halogens is 6. The molecule has 27 heavy (non-hydrogen) atoms. The van der Waals surface area contributed by atoms with Crippen LogP contribution in [0.25, 0.3) is 0 Å². The molecule has 0 aliphatic carbocycles. The molecule has 0 bridgehead atoms. The Morgan fingerprint density at radius 1 is 1.04 bits per heavy atom. The molecule has 9 heteroatoms. The standard InChI is InChI=1S/C18H23F6NO2/c1-11(27-10-15(2)4-5-16(3,26)9-25-15)12-6-13(17(19,20)21)8-14(7-12)18(22,23)24/h6-8,11,25-26H,4-5,9-10H2,1-3H3/t11-,15-,16?/m1/s1. The van der Waals surface area contributed by atoms with Gasteiger partial charge >= 0.3 is 12.4 Å². The molecule has 0 saturated carbocycles. The summed E-state index contributed by atoms with van der Waals surface area (Å²) in [6, 6.07) is 1.46. The molecule has 1 unspecified atom stereocenters. The quantitative estimate of drug-likeness (QED) is 0.722. The molecular formula is C18H23F6NO2. The lowest BCUT2D eigenvalue weighted by Crippen LogP contribution is -2.57. The molecule has 1 heterocycles. The van der Waals surface area contributed by atoms with Gasteiger partial charge in [0, 0.05) is 12.1 Å². The lowest BCUT2D eigenvalue weighted by Gasteiger charge is -2.41. The molecule has 2 N–H and O–H groups in total. The van der Waals surface area contributed by atoms with E-state index in [-0.39, 0.29) is 18.2 Å². The minimum Gasteiger partial charge on any atom is -0.389 e. The number of piperidine rings is 1. The Morgan fingerprint density at radius 3 is 1.96 bits per heavy atom. The average molecular weight is 399 g/mol. The molecule has 3 nitrogen and oxygen atoms in total. The third-order valence-electron chi connectivity index (χ3n) is 4.84. The van der Waals surface area contributed by atoms with Crippen molar-refractivity contribution < 1.29 is 36.2 Å². The molecule has 0 aromatic heterocycles. The zero-order valence-electron chi connectivity index (χ0n) is 15.3. The van der Waals surface area contributed by atoms with Crippen LogP contribution in [0.1, 0.15) is 56.4 Å². The highest BCUT2D eigenvalue weighted by molar-refractivity contribution is 5.34. The first-order valence-corrected chi connectivity index (χ1v) is 8.50. The Bertz CT molecular complexity index is 627. The van der Waals surface area contributed by atoms with Crippen LogP contribution in [-0.4, -0.2) is 29.4 Å². The second kappa shape index (κ2) is 7.25. The van der Waals surface area contributed by atoms with E-state index < -0.39 is 40.7 Å². The van der Waals surface area contributed by atoms with E-state index >= 15 is 0 Å². The summed E-state index contributed by atoms with van der Waals surface area (Å²) in [5.41, 5.74) is -4.29. The van der Waals surface area contributed by atoms with Gasteiger partial charge in [0.15, 0.2) is 0 Å². The molecule has 1 aliphatic rings. The van der Waals surface area contributed by atoms with E-state index in [0.717, 1.165) is 0 Å². The molecule has 1 fully saturated rings. The van der Waals surface area contributed by atoms with Gasteiger partial charge < -0.3 is 15.2 Å². The molecule has 1 saturated heterocycles. The Balaban J connectivity index is 2.17. The van der Waals surface area contributed by atoms with Crippen molar-refractivity contribution in [1.29, 1.82) is 0 Å². The molecule has 0 amide bonds. The maximum absolute atomic E-state index is 13.0. The normalized spacial score (nSPS) is 28.2. The number of alkyl halides is 6. The van der Waals surface area contributed by atoms with Crippen LogP contribution in [0, 0.1) is 0 Å². The maximum atomic E-state index is 13.0. The molecule has 2 rings (SSSR count). The van der Waals surface area contributed by atoms with Crippen LogP contribution in [0.3, 0.4) is 0 Å². The minimum atomic E-state index is -4.89. The van der Waals surface area contributed by atoms with E-state index in [0.29, 0.717) is 31.5 Å². The SMILES string of the molecule is C[C@@H](OC[C@@]1(C)CCC(C)(O)CN1)c1cc(C(F)(F)F)cc(C(F)(F)F)c1. The molecule has 3 atom stereocenters. The number of benzene rings is 1. The van der Waals surface area contributed by atoms with Crippen molar-refractivity contribution in [3.63, 3.8) is 0 Å². The van der Waals surface area contributed by atoms with Gasteiger partial charge in [-0.15, -0.1) is 0 Å². The summed E-state index contributed by atoms with van der Waals surface area (Å²) in [6.45, 7) is 5.34. The van der Waals surface area contributed by atoms with Gasteiger partial charge in [0.1, 0.15) is 0 Å². The Morgan fingerprint density at radius 2 is 1.56 bits per heavy atom. The van der Waals surface area contributed by atoms with Crippen LogP contribution in [0.15, 0.2) is 18.2 Å². The number of β-amino-alcohol motifs (C(OH)–C–C–N with tert-alkyl or cyclic N) is 1. The van der Waals surface area contributed by atoms with Crippen molar-refractivity contribution in [2.75, 3.05) is 13.2 Å². The number of ether oxygens (including phenoxy) is 1. The summed E-state index contributed by atoms with van der Waals surface area (Å²) in [5, 5.41) is 13.1. The molecular weight excluding hydrogens is 376 g/mol. The zero-order valence-corrected chi connectivity index (χ0v) is 15.3. The van der Waals surface area contributed by atoms with E-state index in [1.165, 1.54) is 6.92 Å². The Kier molecular flexibility index (Phi) is 5.90. The van der Waals surface area contributed by atoms with Gasteiger partial charge in [-0.1, -0.05) is 0 Å². The van der Waals surface area contributed by atoms with E-state index in [1.807, 2.05) is 6.92 Å². The number of rotatable bonds is 4. The molecule has 0 spiro atoms. The fraction of sp³-hybridized carbons (Fsp3) is 0.667. The van der Waals surface area contributed by atoms with Crippen LogP contribution in [0.5, 0.6) is 0 Å². The van der Waals surface area contributed by atoms with Crippen LogP contribution < -0.4 is 5.32 Å². The summed E-state index contributed by atoms with van der Waals surface area (Å²) in [6.07, 6.45) is -9.68. The molecule has 154 valence electrons. The van der Waals surface area contributed by atoms with Crippen molar-refractivity contribution in [1.82, 2.24) is 5.32 Å². The van der Waals surface area contributed by atoms with E-state index in [9.17, 15) is 31.4 Å². The lowest BCUT2D eigenvalue weighted by molar-refractivity contribution is -0.143. The number of nitrogens with one attached hydrogen (secondary N) is 1. The number of hydrogen-bond acceptors (Lipinski definition) is 3. The molecule has 1 aromatic rings. The highest BCUT2D eigenvalue weighted by Gasteiger charge is 2.38. The van der Waals surface area contributed by atoms with Gasteiger partial charge in [-0.2, -0.15) is 26.3 Å². The molecule has 1 aromatic carbocycles. The van der Waals surface area contributed by atoms with Gasteiger partial charge in [0.05, 0.1) is 29.4 Å². The van der Waals surface area contributed by atoms with Crippen molar-refractivity contribution >= 4 is 0 Å². The summed E-state index contributed by atoms with van der Waals surface area (Å²) in [7, 11) is 0. The summed E-state index contributed by atoms with van der Waals surface area (Å²) in [5.74, 6) is 0. The predicted molar refractivity (Wildman–Crippen MR) is 87.1 cm³/mol. The predicted octanol–water partition coefficient (Wildman–Crippen LogP) is 4.69. The van der Waals surface area contributed by atoms with Gasteiger partial charge in [0.2, 0.25) is 0 Å². The summed E-state index contributed by atoms with van der Waals surface area (Å²) in [4.78, 5) is 0. The first-order chi connectivity index (χ1) is 12.1. The smallest absolute Gasteiger partial charge is 0.389 e. The highest BCUT2D eigenvalue weighted by atomic mass is 19.4. The van der Waals surface area contributed by atoms with Crippen molar-refractivity contribution in [3.8, 4) is 0 Å². The lowest BCUT2D eigenvalue weighted by atomic mass is 9.84. The van der Waals surface area contributed by atoms with Gasteiger partial charge in [-0.05, 0) is 57.4 Å². The monoisotopic (exact) mass is 399 g/mol. The van der Waals surface area contributed by atoms with Crippen LogP contribution in [0.2, 0.25) is 0 Å². The number of hydrogen-bond donors (Lipinski definition) is 2. The fourth-order valence-corrected chi connectivity index (χ4v) is 2.87. The first-order valence-electron chi connectivity index (χ1n) is 8.50. The zero-order chi connectivity index (χ0) is 20.7. The third kappa shape index (κ3) is 5.83. The second-order valence-electron chi connectivity index (χ2n) is 7.70. The van der Waals surface area contributed by atoms with Gasteiger partial charge in [-0.25, -0.2) is 0 Å². The van der Waals surface area contributed by atoms with Gasteiger partial charge in [0.25, 0.3) is 0 Å². The second-order valence-corrected chi connectivity index (χ2v) is 7.70. The summed E-state index contributed by atoms with van der Waals surface area (Å²) < 4.78 is 83.4. The van der Waals surface area contributed by atoms with E-state index in [1.54, 1.807) is 6.92 Å². The Hall–Kier alpha value is -1.32.